The average molecular weight is 292 g/mol. The van der Waals surface area contributed by atoms with Gasteiger partial charge in [0.05, 0.1) is 13.2 Å². The van der Waals surface area contributed by atoms with E-state index < -0.39 is 7.60 Å². The molecule has 0 atom stereocenters. The second-order valence-electron chi connectivity index (χ2n) is 4.60. The van der Waals surface area contributed by atoms with Crippen molar-refractivity contribution in [3.63, 3.8) is 0 Å². The number of carbonyl (C=O) groups excluding carboxylic acids is 1. The molecule has 0 amide bonds. The number of unbranched alkanes of at least 4 members (excludes halogenated alkanes) is 6. The molecule has 0 aromatic rings. The normalized spacial score (nSPS) is 11.7. The molecule has 0 saturated heterocycles. The lowest BCUT2D eigenvalue weighted by molar-refractivity contribution is -0.114. The first-order chi connectivity index (χ1) is 9.10. The first kappa shape index (κ1) is 18.8. The van der Waals surface area contributed by atoms with Gasteiger partial charge < -0.3 is 9.05 Å². The van der Waals surface area contributed by atoms with Crippen LogP contribution in [0.3, 0.4) is 0 Å². The predicted octanol–water partition coefficient (Wildman–Crippen LogP) is 4.92. The highest BCUT2D eigenvalue weighted by atomic mass is 31.2. The van der Waals surface area contributed by atoms with Gasteiger partial charge in [-0.1, -0.05) is 45.4 Å². The summed E-state index contributed by atoms with van der Waals surface area (Å²) < 4.78 is 22.2. The molecule has 0 spiro atoms. The van der Waals surface area contributed by atoms with Crippen molar-refractivity contribution in [1.29, 1.82) is 0 Å². The van der Waals surface area contributed by atoms with E-state index in [2.05, 4.69) is 6.92 Å². The number of carbonyl (C=O) groups is 1. The van der Waals surface area contributed by atoms with Crippen molar-refractivity contribution >= 4 is 13.1 Å². The fourth-order valence-corrected chi connectivity index (χ4v) is 3.37. The Labute approximate surface area is 117 Å². The van der Waals surface area contributed by atoms with E-state index in [4.69, 9.17) is 9.05 Å². The minimum atomic E-state index is -3.52. The Kier molecular flexibility index (Phi) is 11.5. The summed E-state index contributed by atoms with van der Waals surface area (Å²) in [6.07, 6.45) is 8.22. The zero-order chi connectivity index (χ0) is 14.6. The third-order valence-corrected chi connectivity index (χ3v) is 4.93. The topological polar surface area (TPSA) is 52.6 Å². The Morgan fingerprint density at radius 3 is 1.79 bits per heavy atom. The van der Waals surface area contributed by atoms with E-state index in [1.807, 2.05) is 0 Å². The molecule has 0 rings (SSSR count). The summed E-state index contributed by atoms with van der Waals surface area (Å²) in [6.45, 7) is 6.09. The lowest BCUT2D eigenvalue weighted by Crippen LogP contribution is -2.07. The van der Waals surface area contributed by atoms with Crippen molar-refractivity contribution in [2.75, 3.05) is 13.2 Å². The maximum atomic E-state index is 12.1. The summed E-state index contributed by atoms with van der Waals surface area (Å²) in [5, 5.41) is 0. The van der Waals surface area contributed by atoms with Gasteiger partial charge in [-0.15, -0.1) is 0 Å². The molecular formula is C14H29O4P. The third-order valence-electron chi connectivity index (χ3n) is 2.90. The highest BCUT2D eigenvalue weighted by molar-refractivity contribution is 7.71. The van der Waals surface area contributed by atoms with Crippen LogP contribution in [0.5, 0.6) is 0 Å². The Bertz CT molecular complexity index is 269. The monoisotopic (exact) mass is 292 g/mol. The average Bonchev–Trinajstić information content (AvgIpc) is 2.38. The van der Waals surface area contributed by atoms with Crippen LogP contribution >= 0.6 is 7.60 Å². The maximum Gasteiger partial charge on any atom is 0.396 e. The summed E-state index contributed by atoms with van der Waals surface area (Å²) >= 11 is 0. The molecule has 0 aliphatic rings. The zero-order valence-electron chi connectivity index (χ0n) is 12.7. The molecule has 0 aromatic carbocycles. The van der Waals surface area contributed by atoms with Crippen LogP contribution in [0.15, 0.2) is 0 Å². The van der Waals surface area contributed by atoms with Gasteiger partial charge >= 0.3 is 7.60 Å². The van der Waals surface area contributed by atoms with Crippen molar-refractivity contribution < 1.29 is 18.4 Å². The standard InChI is InChI=1S/C14H29O4P/c1-4-7-8-9-10-11-12-13-14(15)19(16,17-5-2)18-6-3/h4-13H2,1-3H3. The van der Waals surface area contributed by atoms with Crippen LogP contribution in [0.2, 0.25) is 0 Å². The smallest absolute Gasteiger partial charge is 0.303 e. The molecule has 0 fully saturated rings. The van der Waals surface area contributed by atoms with Crippen molar-refractivity contribution in [2.24, 2.45) is 0 Å². The molecule has 0 unspecified atom stereocenters. The molecule has 0 N–H and O–H groups in total. The van der Waals surface area contributed by atoms with Gasteiger partial charge in [0.15, 0.2) is 0 Å². The largest absolute Gasteiger partial charge is 0.396 e. The molecule has 5 heteroatoms. The summed E-state index contributed by atoms with van der Waals surface area (Å²) in [5.41, 5.74) is -0.371. The van der Waals surface area contributed by atoms with Gasteiger partial charge in [0.1, 0.15) is 0 Å². The fourth-order valence-electron chi connectivity index (χ4n) is 1.89. The van der Waals surface area contributed by atoms with Crippen LogP contribution in [-0.2, 0) is 18.4 Å². The second-order valence-corrected chi connectivity index (χ2v) is 6.61. The summed E-state index contributed by atoms with van der Waals surface area (Å²) in [4.78, 5) is 11.9. The minimum Gasteiger partial charge on any atom is -0.303 e. The van der Waals surface area contributed by atoms with Gasteiger partial charge in [-0.25, -0.2) is 0 Å². The van der Waals surface area contributed by atoms with Crippen LogP contribution in [0.1, 0.15) is 72.1 Å². The molecule has 0 aliphatic carbocycles. The van der Waals surface area contributed by atoms with E-state index in [1.54, 1.807) is 13.8 Å². The second kappa shape index (κ2) is 11.6. The van der Waals surface area contributed by atoms with Gasteiger partial charge in [0.2, 0.25) is 5.52 Å². The molecule has 0 aromatic heterocycles. The van der Waals surface area contributed by atoms with E-state index in [0.717, 1.165) is 19.3 Å². The Hall–Kier alpha value is -0.180. The third kappa shape index (κ3) is 8.56. The SMILES string of the molecule is CCCCCCCCCC(=O)P(=O)(OCC)OCC. The number of rotatable bonds is 13. The molecule has 0 bridgehead atoms. The quantitative estimate of drug-likeness (QED) is 0.357. The van der Waals surface area contributed by atoms with Gasteiger partial charge in [0, 0.05) is 6.42 Å². The lowest BCUT2D eigenvalue weighted by Gasteiger charge is -2.15. The predicted molar refractivity (Wildman–Crippen MR) is 78.5 cm³/mol. The van der Waals surface area contributed by atoms with E-state index >= 15 is 0 Å². The van der Waals surface area contributed by atoms with Crippen LogP contribution in [0, 0.1) is 0 Å². The molecule has 4 nitrogen and oxygen atoms in total. The molecule has 0 heterocycles. The maximum absolute atomic E-state index is 12.1. The first-order valence-corrected chi connectivity index (χ1v) is 9.07. The zero-order valence-corrected chi connectivity index (χ0v) is 13.5. The Morgan fingerprint density at radius 1 is 0.842 bits per heavy atom. The molecule has 0 radical (unpaired) electrons. The highest BCUT2D eigenvalue weighted by Gasteiger charge is 2.32. The summed E-state index contributed by atoms with van der Waals surface area (Å²) in [6, 6.07) is 0. The summed E-state index contributed by atoms with van der Waals surface area (Å²) in [7, 11) is -3.52. The lowest BCUT2D eigenvalue weighted by atomic mass is 10.1. The Balaban J connectivity index is 3.84. The molecule has 114 valence electrons. The first-order valence-electron chi connectivity index (χ1n) is 7.53. The van der Waals surface area contributed by atoms with Crippen molar-refractivity contribution in [2.45, 2.75) is 72.1 Å². The van der Waals surface area contributed by atoms with Gasteiger partial charge in [0.25, 0.3) is 0 Å². The van der Waals surface area contributed by atoms with Gasteiger partial charge in [-0.3, -0.25) is 9.36 Å². The molecule has 0 aliphatic heterocycles. The highest BCUT2D eigenvalue weighted by Crippen LogP contribution is 2.50. The number of hydrogen-bond donors (Lipinski definition) is 0. The van der Waals surface area contributed by atoms with E-state index in [-0.39, 0.29) is 18.7 Å². The minimum absolute atomic E-state index is 0.236. The molecule has 19 heavy (non-hydrogen) atoms. The van der Waals surface area contributed by atoms with Gasteiger partial charge in [-0.2, -0.15) is 0 Å². The van der Waals surface area contributed by atoms with Crippen molar-refractivity contribution in [3.05, 3.63) is 0 Å². The van der Waals surface area contributed by atoms with E-state index in [1.165, 1.54) is 25.7 Å². The summed E-state index contributed by atoms with van der Waals surface area (Å²) in [5.74, 6) is 0. The van der Waals surface area contributed by atoms with Crippen LogP contribution in [0.25, 0.3) is 0 Å². The van der Waals surface area contributed by atoms with E-state index in [0.29, 0.717) is 6.42 Å². The van der Waals surface area contributed by atoms with Crippen molar-refractivity contribution in [3.8, 4) is 0 Å². The van der Waals surface area contributed by atoms with Crippen LogP contribution in [0.4, 0.5) is 0 Å². The van der Waals surface area contributed by atoms with Crippen LogP contribution in [-0.4, -0.2) is 18.7 Å². The van der Waals surface area contributed by atoms with Gasteiger partial charge in [-0.05, 0) is 20.3 Å². The Morgan fingerprint density at radius 2 is 1.32 bits per heavy atom. The van der Waals surface area contributed by atoms with Crippen LogP contribution < -0.4 is 0 Å². The van der Waals surface area contributed by atoms with Crippen molar-refractivity contribution in [1.82, 2.24) is 0 Å². The molecular weight excluding hydrogens is 263 g/mol. The fraction of sp³-hybridized carbons (Fsp3) is 0.929. The molecule has 0 saturated carbocycles. The number of hydrogen-bond acceptors (Lipinski definition) is 4. The van der Waals surface area contributed by atoms with E-state index in [9.17, 15) is 9.36 Å².